The fourth-order valence-electron chi connectivity index (χ4n) is 1.82. The van der Waals surface area contributed by atoms with Crippen LogP contribution in [0.2, 0.25) is 0 Å². The molecule has 86 valence electrons. The first kappa shape index (κ1) is 11.5. The highest BCUT2D eigenvalue weighted by Crippen LogP contribution is 2.27. The second kappa shape index (κ2) is 4.87. The molecule has 1 aliphatic rings. The summed E-state index contributed by atoms with van der Waals surface area (Å²) < 4.78 is 18.7. The Balaban J connectivity index is 2.18. The van der Waals surface area contributed by atoms with E-state index in [0.717, 1.165) is 5.75 Å². The van der Waals surface area contributed by atoms with Crippen LogP contribution < -0.4 is 4.74 Å². The maximum absolute atomic E-state index is 13.8. The van der Waals surface area contributed by atoms with Crippen molar-refractivity contribution in [2.24, 2.45) is 5.92 Å². The summed E-state index contributed by atoms with van der Waals surface area (Å²) in [6, 6.07) is 5.06. The van der Waals surface area contributed by atoms with Crippen LogP contribution >= 0.6 is 11.8 Å². The topological polar surface area (TPSA) is 26.3 Å². The molecule has 2 nitrogen and oxygen atoms in total. The largest absolute Gasteiger partial charge is 0.494 e. The zero-order valence-electron chi connectivity index (χ0n) is 9.03. The Morgan fingerprint density at radius 3 is 3.00 bits per heavy atom. The molecule has 1 unspecified atom stereocenters. The van der Waals surface area contributed by atoms with Crippen molar-refractivity contribution in [3.63, 3.8) is 0 Å². The summed E-state index contributed by atoms with van der Waals surface area (Å²) >= 11 is 1.62. The average molecular weight is 240 g/mol. The quantitative estimate of drug-likeness (QED) is 0.811. The smallest absolute Gasteiger partial charge is 0.168 e. The Labute approximate surface area is 98.2 Å². The van der Waals surface area contributed by atoms with Crippen molar-refractivity contribution in [2.45, 2.75) is 6.42 Å². The van der Waals surface area contributed by atoms with Gasteiger partial charge in [0.05, 0.1) is 12.9 Å². The Morgan fingerprint density at radius 1 is 1.56 bits per heavy atom. The normalized spacial score (nSPS) is 20.1. The number of ketones is 1. The van der Waals surface area contributed by atoms with Crippen molar-refractivity contribution in [2.75, 3.05) is 18.6 Å². The first-order chi connectivity index (χ1) is 7.72. The molecule has 4 heteroatoms. The molecule has 0 N–H and O–H groups in total. The molecule has 0 spiro atoms. The third-order valence-corrected chi connectivity index (χ3v) is 3.87. The zero-order valence-corrected chi connectivity index (χ0v) is 9.85. The number of benzene rings is 1. The van der Waals surface area contributed by atoms with Crippen molar-refractivity contribution in [1.82, 2.24) is 0 Å². The molecular formula is C12H13FO2S. The van der Waals surface area contributed by atoms with Gasteiger partial charge in [0, 0.05) is 11.7 Å². The van der Waals surface area contributed by atoms with Gasteiger partial charge in [0.2, 0.25) is 0 Å². The molecule has 0 aromatic heterocycles. The predicted molar refractivity (Wildman–Crippen MR) is 62.5 cm³/mol. The van der Waals surface area contributed by atoms with Crippen molar-refractivity contribution in [3.8, 4) is 5.75 Å². The molecule has 2 rings (SSSR count). The van der Waals surface area contributed by atoms with E-state index in [0.29, 0.717) is 17.7 Å². The van der Waals surface area contributed by atoms with Gasteiger partial charge in [0.15, 0.2) is 11.6 Å². The van der Waals surface area contributed by atoms with Crippen molar-refractivity contribution >= 4 is 17.5 Å². The minimum absolute atomic E-state index is 0.0355. The second-order valence-corrected chi connectivity index (χ2v) is 4.85. The molecule has 1 aromatic rings. The Morgan fingerprint density at radius 2 is 2.38 bits per heavy atom. The number of halogens is 1. The molecule has 0 aliphatic carbocycles. The highest BCUT2D eigenvalue weighted by atomic mass is 32.2. The van der Waals surface area contributed by atoms with E-state index in [1.165, 1.54) is 7.11 Å². The van der Waals surface area contributed by atoms with Gasteiger partial charge >= 0.3 is 0 Å². The molecule has 0 amide bonds. The summed E-state index contributed by atoms with van der Waals surface area (Å²) in [6.07, 6.45) is 0.481. The number of carbonyl (C=O) groups is 1. The van der Waals surface area contributed by atoms with E-state index in [1.54, 1.807) is 30.0 Å². The maximum atomic E-state index is 13.8. The molecular weight excluding hydrogens is 227 g/mol. The zero-order chi connectivity index (χ0) is 11.5. The van der Waals surface area contributed by atoms with Gasteiger partial charge < -0.3 is 4.74 Å². The first-order valence-electron chi connectivity index (χ1n) is 5.14. The van der Waals surface area contributed by atoms with Crippen molar-refractivity contribution in [3.05, 3.63) is 29.6 Å². The average Bonchev–Trinajstić information content (AvgIpc) is 2.68. The number of ether oxygens (including phenoxy) is 1. The Bertz CT molecular complexity index is 406. The monoisotopic (exact) mass is 240 g/mol. The van der Waals surface area contributed by atoms with Gasteiger partial charge in [-0.25, -0.2) is 4.39 Å². The molecule has 1 atom stereocenters. The van der Waals surface area contributed by atoms with Crippen LogP contribution in [0.4, 0.5) is 4.39 Å². The highest BCUT2D eigenvalue weighted by Gasteiger charge is 2.26. The van der Waals surface area contributed by atoms with E-state index in [1.807, 2.05) is 0 Å². The molecule has 0 saturated carbocycles. The number of thioether (sulfide) groups is 1. The minimum Gasteiger partial charge on any atom is -0.494 e. The predicted octanol–water partition coefficient (Wildman–Crippen LogP) is 2.31. The third-order valence-electron chi connectivity index (χ3n) is 2.75. The number of rotatable bonds is 3. The van der Waals surface area contributed by atoms with Crippen LogP contribution in [0.25, 0.3) is 0 Å². The lowest BCUT2D eigenvalue weighted by molar-refractivity contribution is -0.119. The number of Topliss-reactive ketones (excluding diaryl/α,β-unsaturated/α-hetero) is 1. The summed E-state index contributed by atoms with van der Waals surface area (Å²) in [5.41, 5.74) is 0.570. The van der Waals surface area contributed by atoms with Gasteiger partial charge in [-0.2, -0.15) is 11.8 Å². The van der Waals surface area contributed by atoms with E-state index < -0.39 is 0 Å². The molecule has 0 bridgehead atoms. The van der Waals surface area contributed by atoms with Crippen molar-refractivity contribution < 1.29 is 13.9 Å². The second-order valence-electron chi connectivity index (χ2n) is 3.82. The van der Waals surface area contributed by atoms with Gasteiger partial charge in [-0.05, 0) is 18.1 Å². The summed E-state index contributed by atoms with van der Waals surface area (Å²) in [5, 5.41) is 0. The lowest BCUT2D eigenvalue weighted by atomic mass is 9.97. The van der Waals surface area contributed by atoms with Crippen LogP contribution in [0.1, 0.15) is 5.56 Å². The van der Waals surface area contributed by atoms with E-state index in [-0.39, 0.29) is 23.3 Å². The fourth-order valence-corrected chi connectivity index (χ4v) is 2.97. The van der Waals surface area contributed by atoms with E-state index in [2.05, 4.69) is 0 Å². The summed E-state index contributed by atoms with van der Waals surface area (Å²) in [7, 11) is 1.44. The molecule has 1 saturated heterocycles. The van der Waals surface area contributed by atoms with E-state index in [9.17, 15) is 9.18 Å². The Hall–Kier alpha value is -1.03. The lowest BCUT2D eigenvalue weighted by Crippen LogP contribution is -2.15. The summed E-state index contributed by atoms with van der Waals surface area (Å²) in [4.78, 5) is 11.5. The van der Waals surface area contributed by atoms with Gasteiger partial charge in [-0.1, -0.05) is 12.1 Å². The van der Waals surface area contributed by atoms with E-state index >= 15 is 0 Å². The SMILES string of the molecule is COc1cccc(CC2CSCC2=O)c1F. The van der Waals surface area contributed by atoms with Crippen LogP contribution in [0.5, 0.6) is 5.75 Å². The fraction of sp³-hybridized carbons (Fsp3) is 0.417. The lowest BCUT2D eigenvalue weighted by Gasteiger charge is -2.10. The number of hydrogen-bond donors (Lipinski definition) is 0. The van der Waals surface area contributed by atoms with Crippen LogP contribution in [0, 0.1) is 11.7 Å². The molecule has 1 aliphatic heterocycles. The molecule has 16 heavy (non-hydrogen) atoms. The summed E-state index contributed by atoms with van der Waals surface area (Å²) in [5.74, 6) is 1.47. The van der Waals surface area contributed by atoms with Crippen LogP contribution in [0.15, 0.2) is 18.2 Å². The number of carbonyl (C=O) groups excluding carboxylic acids is 1. The standard InChI is InChI=1S/C12H13FO2S/c1-15-11-4-2-3-8(12(11)13)5-9-6-16-7-10(9)14/h2-4,9H,5-7H2,1H3. The summed E-state index contributed by atoms with van der Waals surface area (Å²) in [6.45, 7) is 0. The molecule has 1 heterocycles. The minimum atomic E-state index is -0.338. The Kier molecular flexibility index (Phi) is 3.49. The number of methoxy groups -OCH3 is 1. The van der Waals surface area contributed by atoms with Crippen LogP contribution in [-0.4, -0.2) is 24.4 Å². The molecule has 1 fully saturated rings. The van der Waals surface area contributed by atoms with Crippen LogP contribution in [-0.2, 0) is 11.2 Å². The molecule has 1 aromatic carbocycles. The van der Waals surface area contributed by atoms with Crippen molar-refractivity contribution in [1.29, 1.82) is 0 Å². The van der Waals surface area contributed by atoms with Crippen LogP contribution in [0.3, 0.4) is 0 Å². The first-order valence-corrected chi connectivity index (χ1v) is 6.29. The molecule has 0 radical (unpaired) electrons. The highest BCUT2D eigenvalue weighted by molar-refractivity contribution is 8.00. The van der Waals surface area contributed by atoms with Gasteiger partial charge in [0.1, 0.15) is 5.78 Å². The maximum Gasteiger partial charge on any atom is 0.168 e. The van der Waals surface area contributed by atoms with Gasteiger partial charge in [-0.15, -0.1) is 0 Å². The van der Waals surface area contributed by atoms with Gasteiger partial charge in [-0.3, -0.25) is 4.79 Å². The third kappa shape index (κ3) is 2.21. The number of hydrogen-bond acceptors (Lipinski definition) is 3. The van der Waals surface area contributed by atoms with Gasteiger partial charge in [0.25, 0.3) is 0 Å². The van der Waals surface area contributed by atoms with E-state index in [4.69, 9.17) is 4.74 Å².